The van der Waals surface area contributed by atoms with Gasteiger partial charge >= 0.3 is 0 Å². The molecule has 0 aliphatic carbocycles. The Morgan fingerprint density at radius 1 is 1.00 bits per heavy atom. The average molecular weight is 605 g/mol. The number of hydrogen-bond acceptors (Lipinski definition) is 10. The molecule has 7 rings (SSSR count). The van der Waals surface area contributed by atoms with Gasteiger partial charge in [0.25, 0.3) is 5.91 Å². The number of carbonyl (C=O) groups is 1. The summed E-state index contributed by atoms with van der Waals surface area (Å²) >= 11 is 2.88. The van der Waals surface area contributed by atoms with E-state index in [0.717, 1.165) is 41.7 Å². The van der Waals surface area contributed by atoms with Crippen LogP contribution in [0.3, 0.4) is 0 Å². The Balaban J connectivity index is 0.978. The van der Waals surface area contributed by atoms with Crippen LogP contribution >= 0.6 is 23.1 Å². The zero-order valence-electron chi connectivity index (χ0n) is 22.3. The highest BCUT2D eigenvalue weighted by Gasteiger charge is 2.25. The first-order chi connectivity index (χ1) is 20.6. The number of nitrogens with zero attached hydrogens (tertiary/aromatic N) is 6. The molecule has 1 saturated heterocycles. The van der Waals surface area contributed by atoms with Crippen molar-refractivity contribution >= 4 is 29.0 Å². The van der Waals surface area contributed by atoms with Crippen molar-refractivity contribution in [1.29, 1.82) is 0 Å². The van der Waals surface area contributed by atoms with E-state index in [9.17, 15) is 9.18 Å². The van der Waals surface area contributed by atoms with Crippen molar-refractivity contribution in [3.8, 4) is 28.8 Å². The number of furan rings is 1. The Hall–Kier alpha value is -4.20. The number of aromatic nitrogens is 4. The zero-order chi connectivity index (χ0) is 28.5. The van der Waals surface area contributed by atoms with Gasteiger partial charge in [0.1, 0.15) is 16.5 Å². The van der Waals surface area contributed by atoms with Crippen molar-refractivity contribution in [3.63, 3.8) is 0 Å². The first kappa shape index (κ1) is 26.7. The summed E-state index contributed by atoms with van der Waals surface area (Å²) in [5, 5.41) is 11.9. The lowest BCUT2D eigenvalue weighted by Gasteiger charge is -2.34. The number of thioether (sulfide) groups is 1. The molecule has 0 saturated carbocycles. The van der Waals surface area contributed by atoms with Gasteiger partial charge in [0, 0.05) is 38.1 Å². The number of halogens is 1. The molecule has 2 aliphatic rings. The van der Waals surface area contributed by atoms with E-state index in [-0.39, 0.29) is 18.5 Å². The smallest absolute Gasteiger partial charge is 0.273 e. The summed E-state index contributed by atoms with van der Waals surface area (Å²) in [4.78, 5) is 22.1. The topological polar surface area (TPSA) is 98.8 Å². The molecule has 214 valence electrons. The van der Waals surface area contributed by atoms with E-state index in [1.165, 1.54) is 35.2 Å². The summed E-state index contributed by atoms with van der Waals surface area (Å²) in [5.74, 6) is 2.75. The number of rotatable bonds is 8. The van der Waals surface area contributed by atoms with Crippen molar-refractivity contribution in [2.75, 3.05) is 33.0 Å². The van der Waals surface area contributed by atoms with Crippen molar-refractivity contribution in [1.82, 2.24) is 29.5 Å². The maximum atomic E-state index is 13.6. The van der Waals surface area contributed by atoms with E-state index in [4.69, 9.17) is 13.9 Å². The molecule has 0 spiro atoms. The molecule has 1 amide bonds. The maximum Gasteiger partial charge on any atom is 0.273 e. The Morgan fingerprint density at radius 3 is 2.64 bits per heavy atom. The van der Waals surface area contributed by atoms with Gasteiger partial charge in [-0.15, -0.1) is 21.5 Å². The van der Waals surface area contributed by atoms with Crippen molar-refractivity contribution in [3.05, 3.63) is 88.3 Å². The molecule has 0 bridgehead atoms. The van der Waals surface area contributed by atoms with E-state index in [1.807, 2.05) is 27.0 Å². The lowest BCUT2D eigenvalue weighted by molar-refractivity contribution is 0.0623. The number of piperazine rings is 1. The van der Waals surface area contributed by atoms with Gasteiger partial charge in [0.05, 0.1) is 17.7 Å². The summed E-state index contributed by atoms with van der Waals surface area (Å²) in [6, 6.07) is 15.7. The van der Waals surface area contributed by atoms with Crippen LogP contribution in [0.25, 0.3) is 17.3 Å². The van der Waals surface area contributed by atoms with Gasteiger partial charge in [-0.2, -0.15) is 0 Å². The molecule has 10 nitrogen and oxygen atoms in total. The lowest BCUT2D eigenvalue weighted by Crippen LogP contribution is -2.48. The van der Waals surface area contributed by atoms with Crippen LogP contribution in [-0.4, -0.2) is 68.4 Å². The molecule has 0 atom stereocenters. The lowest BCUT2D eigenvalue weighted by atomic mass is 10.1. The Bertz CT molecular complexity index is 1700. The van der Waals surface area contributed by atoms with Crippen LogP contribution in [-0.2, 0) is 12.3 Å². The van der Waals surface area contributed by atoms with Crippen LogP contribution in [0.15, 0.2) is 75.8 Å². The van der Waals surface area contributed by atoms with Crippen LogP contribution in [0.2, 0.25) is 0 Å². The summed E-state index contributed by atoms with van der Waals surface area (Å²) < 4.78 is 31.9. The number of benzene rings is 2. The monoisotopic (exact) mass is 604 g/mol. The van der Waals surface area contributed by atoms with Crippen molar-refractivity contribution < 1.29 is 23.1 Å². The summed E-state index contributed by atoms with van der Waals surface area (Å²) in [7, 11) is 0. The third-order valence-electron chi connectivity index (χ3n) is 7.06. The highest BCUT2D eigenvalue weighted by Crippen LogP contribution is 2.33. The van der Waals surface area contributed by atoms with Gasteiger partial charge in [-0.1, -0.05) is 17.8 Å². The SMILES string of the molecule is O=C(c1csc(CSc2nnc(-c3ccco3)n2-c2ccc(F)cc2)n1)N1CCN(Cc2ccc3c(c2)OCO3)CC1. The highest BCUT2D eigenvalue weighted by atomic mass is 32.2. The van der Waals surface area contributed by atoms with E-state index in [1.54, 1.807) is 30.5 Å². The molecular formula is C29H25FN6O4S2. The molecule has 3 aromatic heterocycles. The quantitative estimate of drug-likeness (QED) is 0.224. The normalized spacial score (nSPS) is 14.9. The predicted octanol–water partition coefficient (Wildman–Crippen LogP) is 5.10. The van der Waals surface area contributed by atoms with E-state index in [2.05, 4.69) is 26.1 Å². The van der Waals surface area contributed by atoms with E-state index >= 15 is 0 Å². The number of thiazole rings is 1. The summed E-state index contributed by atoms with van der Waals surface area (Å²) in [5.41, 5.74) is 2.33. The molecule has 0 N–H and O–H groups in total. The second-order valence-corrected chi connectivity index (χ2v) is 11.7. The van der Waals surface area contributed by atoms with Crippen molar-refractivity contribution in [2.45, 2.75) is 17.5 Å². The van der Waals surface area contributed by atoms with Gasteiger partial charge in [0.2, 0.25) is 12.6 Å². The zero-order valence-corrected chi connectivity index (χ0v) is 23.9. The van der Waals surface area contributed by atoms with E-state index in [0.29, 0.717) is 47.0 Å². The van der Waals surface area contributed by atoms with E-state index < -0.39 is 0 Å². The fraction of sp³-hybridized carbons (Fsp3) is 0.241. The molecule has 1 fully saturated rings. The number of hydrogen-bond donors (Lipinski definition) is 0. The first-order valence-electron chi connectivity index (χ1n) is 13.3. The Morgan fingerprint density at radius 2 is 1.83 bits per heavy atom. The summed E-state index contributed by atoms with van der Waals surface area (Å²) in [6.45, 7) is 3.90. The molecule has 2 aliphatic heterocycles. The predicted molar refractivity (Wildman–Crippen MR) is 154 cm³/mol. The molecule has 2 aromatic carbocycles. The fourth-order valence-electron chi connectivity index (χ4n) is 4.92. The molecular weight excluding hydrogens is 579 g/mol. The minimum absolute atomic E-state index is 0.0557. The minimum Gasteiger partial charge on any atom is -0.461 e. The fourth-order valence-corrected chi connectivity index (χ4v) is 6.66. The molecule has 42 heavy (non-hydrogen) atoms. The van der Waals surface area contributed by atoms with Crippen LogP contribution < -0.4 is 9.47 Å². The van der Waals surface area contributed by atoms with Gasteiger partial charge < -0.3 is 18.8 Å². The molecule has 0 unspecified atom stereocenters. The summed E-state index contributed by atoms with van der Waals surface area (Å²) in [6.07, 6.45) is 1.57. The number of amides is 1. The largest absolute Gasteiger partial charge is 0.461 e. The van der Waals surface area contributed by atoms with Crippen LogP contribution in [0.4, 0.5) is 4.39 Å². The second kappa shape index (κ2) is 11.6. The van der Waals surface area contributed by atoms with Gasteiger partial charge in [-0.05, 0) is 54.1 Å². The Kier molecular flexibility index (Phi) is 7.36. The number of fused-ring (bicyclic) bond motifs is 1. The molecule has 13 heteroatoms. The maximum absolute atomic E-state index is 13.6. The third kappa shape index (κ3) is 5.50. The van der Waals surface area contributed by atoms with Crippen LogP contribution in [0.5, 0.6) is 11.5 Å². The third-order valence-corrected chi connectivity index (χ3v) is 9.03. The molecule has 0 radical (unpaired) electrons. The number of ether oxygens (including phenoxy) is 2. The van der Waals surface area contributed by atoms with Gasteiger partial charge in [-0.3, -0.25) is 14.3 Å². The average Bonchev–Trinajstić information content (AvgIpc) is 3.83. The standard InChI is InChI=1S/C29H25FN6O4S2/c30-20-4-6-21(7-5-20)36-27(24-2-1-13-38-24)32-33-29(36)42-17-26-31-22(16-41-26)28(37)35-11-9-34(10-12-35)15-19-3-8-23-25(14-19)40-18-39-23/h1-8,13-14,16H,9-12,15,17-18H2. The number of carbonyl (C=O) groups excluding carboxylic acids is 1. The second-order valence-electron chi connectivity index (χ2n) is 9.77. The minimum atomic E-state index is -0.327. The van der Waals surface area contributed by atoms with Crippen LogP contribution in [0, 0.1) is 5.82 Å². The van der Waals surface area contributed by atoms with Gasteiger partial charge in [-0.25, -0.2) is 9.37 Å². The molecule has 5 aromatic rings. The molecule has 5 heterocycles. The first-order valence-corrected chi connectivity index (χ1v) is 15.2. The Labute approximate surface area is 248 Å². The van der Waals surface area contributed by atoms with Gasteiger partial charge in [0.15, 0.2) is 22.4 Å². The van der Waals surface area contributed by atoms with Crippen molar-refractivity contribution in [2.24, 2.45) is 0 Å². The van der Waals surface area contributed by atoms with Crippen LogP contribution in [0.1, 0.15) is 21.1 Å². The highest BCUT2D eigenvalue weighted by molar-refractivity contribution is 7.98.